The van der Waals surface area contributed by atoms with Crippen molar-refractivity contribution >= 4 is 33.4 Å². The van der Waals surface area contributed by atoms with Gasteiger partial charge in [-0.1, -0.05) is 12.1 Å². The van der Waals surface area contributed by atoms with Gasteiger partial charge in [-0.25, -0.2) is 17.2 Å². The Hall–Kier alpha value is -3.18. The van der Waals surface area contributed by atoms with E-state index in [1.54, 1.807) is 24.3 Å². The van der Waals surface area contributed by atoms with Crippen molar-refractivity contribution in [2.45, 2.75) is 37.7 Å². The molecule has 0 bridgehead atoms. The lowest BCUT2D eigenvalue weighted by Gasteiger charge is -2.30. The molecule has 182 valence electrons. The van der Waals surface area contributed by atoms with Gasteiger partial charge in [0.05, 0.1) is 11.6 Å². The van der Waals surface area contributed by atoms with Crippen LogP contribution in [0.5, 0.6) is 0 Å². The summed E-state index contributed by atoms with van der Waals surface area (Å²) in [6.07, 6.45) is -0.969. The van der Waals surface area contributed by atoms with Crippen molar-refractivity contribution in [3.8, 4) is 0 Å². The summed E-state index contributed by atoms with van der Waals surface area (Å²) in [5, 5.41) is 2.56. The first-order valence-corrected chi connectivity index (χ1v) is 12.0. The number of carbonyl (C=O) groups is 3. The van der Waals surface area contributed by atoms with Gasteiger partial charge in [0, 0.05) is 18.7 Å². The molecule has 0 radical (unpaired) electrons. The molecule has 2 aromatic rings. The maximum absolute atomic E-state index is 14.0. The molecule has 1 unspecified atom stereocenters. The summed E-state index contributed by atoms with van der Waals surface area (Å²) in [5.74, 6) is -4.13. The maximum atomic E-state index is 14.0. The first-order chi connectivity index (χ1) is 16.0. The Morgan fingerprint density at radius 2 is 1.74 bits per heavy atom. The number of esters is 1. The number of ether oxygens (including phenoxy) is 1. The highest BCUT2D eigenvalue weighted by Crippen LogP contribution is 2.27. The molecule has 1 atom stereocenters. The van der Waals surface area contributed by atoms with Crippen LogP contribution >= 0.6 is 0 Å². The van der Waals surface area contributed by atoms with E-state index < -0.39 is 50.5 Å². The molecular weight excluding hydrogens is 470 g/mol. The second-order valence-electron chi connectivity index (χ2n) is 7.92. The normalized spacial score (nSPS) is 16.0. The number of para-hydroxylation sites is 1. The van der Waals surface area contributed by atoms with Crippen molar-refractivity contribution in [1.82, 2.24) is 4.31 Å². The molecule has 8 nitrogen and oxygen atoms in total. The Bertz CT molecular complexity index is 1210. The average Bonchev–Trinajstić information content (AvgIpc) is 2.80. The first-order valence-electron chi connectivity index (χ1n) is 10.6. The molecule has 11 heteroatoms. The molecule has 1 aliphatic rings. The Morgan fingerprint density at radius 3 is 2.38 bits per heavy atom. The Balaban J connectivity index is 1.58. The van der Waals surface area contributed by atoms with E-state index in [2.05, 4.69) is 5.32 Å². The summed E-state index contributed by atoms with van der Waals surface area (Å²) in [6, 6.07) is 8.62. The van der Waals surface area contributed by atoms with Gasteiger partial charge in [0.25, 0.3) is 5.91 Å². The fourth-order valence-corrected chi connectivity index (χ4v) is 5.15. The summed E-state index contributed by atoms with van der Waals surface area (Å²) >= 11 is 0. The van der Waals surface area contributed by atoms with Crippen molar-refractivity contribution in [3.05, 3.63) is 59.7 Å². The second-order valence-corrected chi connectivity index (χ2v) is 9.83. The highest BCUT2D eigenvalue weighted by Gasteiger charge is 2.35. The van der Waals surface area contributed by atoms with Gasteiger partial charge in [-0.3, -0.25) is 14.4 Å². The molecule has 1 aliphatic heterocycles. The van der Waals surface area contributed by atoms with Gasteiger partial charge >= 0.3 is 5.97 Å². The molecule has 1 amide bonds. The molecular formula is C23H24F2N2O6S. The van der Waals surface area contributed by atoms with Crippen molar-refractivity contribution in [3.63, 3.8) is 0 Å². The minimum atomic E-state index is -4.27. The van der Waals surface area contributed by atoms with Gasteiger partial charge in [0.15, 0.2) is 11.9 Å². The van der Waals surface area contributed by atoms with Crippen molar-refractivity contribution < 1.29 is 36.3 Å². The van der Waals surface area contributed by atoms with Crippen LogP contribution in [0.25, 0.3) is 0 Å². The second kappa shape index (κ2) is 10.4. The number of Topliss-reactive ketones (excluding diaryl/α,β-unsaturated/α-hetero) is 1. The molecule has 2 aromatic carbocycles. The van der Waals surface area contributed by atoms with Crippen molar-refractivity contribution in [1.29, 1.82) is 0 Å². The third-order valence-electron chi connectivity index (χ3n) is 5.52. The van der Waals surface area contributed by atoms with E-state index in [-0.39, 0.29) is 31.7 Å². The van der Waals surface area contributed by atoms with E-state index >= 15 is 0 Å². The zero-order valence-electron chi connectivity index (χ0n) is 18.6. The summed E-state index contributed by atoms with van der Waals surface area (Å²) < 4.78 is 59.0. The Morgan fingerprint density at radius 1 is 1.09 bits per heavy atom. The first kappa shape index (κ1) is 25.4. The molecule has 1 saturated heterocycles. The standard InChI is InChI=1S/C23H24F2N2O6S/c1-14(28)18-5-3-4-6-20(18)26-22(29)15(2)33-23(30)16-9-11-27(12-10-16)34(31,32)21-13-17(24)7-8-19(21)25/h3-8,13,15-16H,9-12H2,1-2H3,(H,26,29). The number of carbonyl (C=O) groups excluding carboxylic acids is 3. The molecule has 1 fully saturated rings. The number of piperidine rings is 1. The van der Waals surface area contributed by atoms with E-state index in [0.717, 1.165) is 16.4 Å². The number of sulfonamides is 1. The van der Waals surface area contributed by atoms with E-state index in [9.17, 15) is 31.6 Å². The third-order valence-corrected chi connectivity index (χ3v) is 7.44. The van der Waals surface area contributed by atoms with Crippen LogP contribution < -0.4 is 5.32 Å². The maximum Gasteiger partial charge on any atom is 0.309 e. The SMILES string of the molecule is CC(=O)c1ccccc1NC(=O)C(C)OC(=O)C1CCN(S(=O)(=O)c2cc(F)ccc2F)CC1. The number of rotatable bonds is 7. The zero-order valence-corrected chi connectivity index (χ0v) is 19.4. The van der Waals surface area contributed by atoms with Crippen LogP contribution in [-0.4, -0.2) is 49.6 Å². The van der Waals surface area contributed by atoms with Crippen LogP contribution in [0.1, 0.15) is 37.0 Å². The topological polar surface area (TPSA) is 110 Å². The number of benzene rings is 2. The van der Waals surface area contributed by atoms with E-state index in [1.165, 1.54) is 13.8 Å². The van der Waals surface area contributed by atoms with E-state index in [4.69, 9.17) is 4.74 Å². The number of hydrogen-bond donors (Lipinski definition) is 1. The van der Waals surface area contributed by atoms with Gasteiger partial charge in [-0.15, -0.1) is 0 Å². The average molecular weight is 495 g/mol. The van der Waals surface area contributed by atoms with Gasteiger partial charge in [0.1, 0.15) is 16.5 Å². The number of ketones is 1. The summed E-state index contributed by atoms with van der Waals surface area (Å²) in [5.41, 5.74) is 0.615. The van der Waals surface area contributed by atoms with Crippen molar-refractivity contribution in [2.75, 3.05) is 18.4 Å². The van der Waals surface area contributed by atoms with Crippen LogP contribution in [0.4, 0.5) is 14.5 Å². The predicted molar refractivity (Wildman–Crippen MR) is 118 cm³/mol. The van der Waals surface area contributed by atoms with Gasteiger partial charge < -0.3 is 10.1 Å². The largest absolute Gasteiger partial charge is 0.452 e. The number of nitrogens with zero attached hydrogens (tertiary/aromatic N) is 1. The smallest absolute Gasteiger partial charge is 0.309 e. The molecule has 0 saturated carbocycles. The summed E-state index contributed by atoms with van der Waals surface area (Å²) in [4.78, 5) is 35.9. The minimum Gasteiger partial charge on any atom is -0.452 e. The van der Waals surface area contributed by atoms with Crippen LogP contribution in [-0.2, 0) is 24.3 Å². The van der Waals surface area contributed by atoms with Crippen LogP contribution in [0.2, 0.25) is 0 Å². The molecule has 0 aliphatic carbocycles. The van der Waals surface area contributed by atoms with E-state index in [0.29, 0.717) is 17.3 Å². The van der Waals surface area contributed by atoms with Crippen molar-refractivity contribution in [2.24, 2.45) is 5.92 Å². The number of anilines is 1. The fraction of sp³-hybridized carbons (Fsp3) is 0.348. The van der Waals surface area contributed by atoms with Crippen LogP contribution in [0, 0.1) is 17.6 Å². The number of halogens is 2. The van der Waals surface area contributed by atoms with Gasteiger partial charge in [-0.05, 0) is 57.0 Å². The fourth-order valence-electron chi connectivity index (χ4n) is 3.60. The quantitative estimate of drug-likeness (QED) is 0.468. The van der Waals surface area contributed by atoms with Crippen LogP contribution in [0.3, 0.4) is 0 Å². The Kier molecular flexibility index (Phi) is 7.78. The monoisotopic (exact) mass is 494 g/mol. The lowest BCUT2D eigenvalue weighted by molar-refractivity contribution is -0.158. The highest BCUT2D eigenvalue weighted by atomic mass is 32.2. The minimum absolute atomic E-state index is 0.0926. The molecule has 1 heterocycles. The molecule has 1 N–H and O–H groups in total. The number of hydrogen-bond acceptors (Lipinski definition) is 6. The molecule has 0 aromatic heterocycles. The molecule has 0 spiro atoms. The highest BCUT2D eigenvalue weighted by molar-refractivity contribution is 7.89. The van der Waals surface area contributed by atoms with Crippen LogP contribution in [0.15, 0.2) is 47.4 Å². The summed E-state index contributed by atoms with van der Waals surface area (Å²) in [6.45, 7) is 2.56. The lowest BCUT2D eigenvalue weighted by Crippen LogP contribution is -2.42. The number of amides is 1. The molecule has 34 heavy (non-hydrogen) atoms. The van der Waals surface area contributed by atoms with E-state index in [1.807, 2.05) is 0 Å². The van der Waals surface area contributed by atoms with Gasteiger partial charge in [-0.2, -0.15) is 4.31 Å². The zero-order chi connectivity index (χ0) is 25.0. The number of nitrogens with one attached hydrogen (secondary N) is 1. The van der Waals surface area contributed by atoms with Gasteiger partial charge in [0.2, 0.25) is 10.0 Å². The predicted octanol–water partition coefficient (Wildman–Crippen LogP) is 3.14. The Labute approximate surface area is 195 Å². The molecule has 3 rings (SSSR count). The summed E-state index contributed by atoms with van der Waals surface area (Å²) in [7, 11) is -4.27. The third kappa shape index (κ3) is 5.65. The lowest BCUT2D eigenvalue weighted by atomic mass is 9.98.